The molecule has 0 spiro atoms. The van der Waals surface area contributed by atoms with Gasteiger partial charge in [0.15, 0.2) is 10.9 Å². The van der Waals surface area contributed by atoms with Crippen molar-refractivity contribution >= 4 is 46.6 Å². The number of nitro groups is 1. The molecule has 11 heteroatoms. The SMILES string of the molecule is COCCCN1C(=O)/C(=C\c2ccc(COc3ccc(Cl)cc3[N+](=O)[O-])o2)NC1=S. The van der Waals surface area contributed by atoms with Crippen LogP contribution in [0, 0.1) is 10.1 Å². The molecule has 30 heavy (non-hydrogen) atoms. The fourth-order valence-corrected chi connectivity index (χ4v) is 3.19. The molecule has 0 aliphatic carbocycles. The first kappa shape index (κ1) is 21.8. The lowest BCUT2D eigenvalue weighted by Crippen LogP contribution is -2.32. The third-order valence-electron chi connectivity index (χ3n) is 4.15. The number of rotatable bonds is 9. The number of nitrogens with one attached hydrogen (secondary N) is 1. The van der Waals surface area contributed by atoms with Crippen molar-refractivity contribution in [1.82, 2.24) is 10.2 Å². The first-order chi connectivity index (χ1) is 14.4. The van der Waals surface area contributed by atoms with E-state index in [0.29, 0.717) is 41.9 Å². The highest BCUT2D eigenvalue weighted by molar-refractivity contribution is 7.80. The second kappa shape index (κ2) is 9.70. The van der Waals surface area contributed by atoms with Gasteiger partial charge in [0.05, 0.1) is 4.92 Å². The number of carbonyl (C=O) groups is 1. The van der Waals surface area contributed by atoms with Crippen molar-refractivity contribution in [1.29, 1.82) is 0 Å². The van der Waals surface area contributed by atoms with Gasteiger partial charge in [-0.3, -0.25) is 19.8 Å². The van der Waals surface area contributed by atoms with E-state index in [1.165, 1.54) is 23.1 Å². The molecule has 1 aromatic heterocycles. The van der Waals surface area contributed by atoms with E-state index >= 15 is 0 Å². The Kier molecular flexibility index (Phi) is 7.03. The van der Waals surface area contributed by atoms with Gasteiger partial charge in [0.25, 0.3) is 5.91 Å². The summed E-state index contributed by atoms with van der Waals surface area (Å²) in [4.78, 5) is 24.5. The van der Waals surface area contributed by atoms with E-state index in [1.54, 1.807) is 25.3 Å². The van der Waals surface area contributed by atoms with Crippen LogP contribution < -0.4 is 10.1 Å². The zero-order valence-electron chi connectivity index (χ0n) is 15.9. The summed E-state index contributed by atoms with van der Waals surface area (Å²) in [6.07, 6.45) is 2.20. The van der Waals surface area contributed by atoms with E-state index in [2.05, 4.69) is 5.32 Å². The van der Waals surface area contributed by atoms with Crippen LogP contribution in [0.4, 0.5) is 5.69 Å². The van der Waals surface area contributed by atoms with Crippen molar-refractivity contribution in [3.63, 3.8) is 0 Å². The van der Waals surface area contributed by atoms with Crippen LogP contribution in [0.5, 0.6) is 5.75 Å². The van der Waals surface area contributed by atoms with Crippen LogP contribution in [-0.2, 0) is 16.1 Å². The number of amides is 1. The summed E-state index contributed by atoms with van der Waals surface area (Å²) in [6.45, 7) is 0.945. The van der Waals surface area contributed by atoms with Gasteiger partial charge in [-0.1, -0.05) is 11.6 Å². The second-order valence-corrected chi connectivity index (χ2v) is 7.08. The Morgan fingerprint density at radius 1 is 1.37 bits per heavy atom. The Bertz CT molecular complexity index is 1010. The molecule has 158 valence electrons. The predicted octanol–water partition coefficient (Wildman–Crippen LogP) is 3.51. The minimum absolute atomic E-state index is 0.0332. The van der Waals surface area contributed by atoms with Gasteiger partial charge in [0.1, 0.15) is 23.8 Å². The van der Waals surface area contributed by atoms with Gasteiger partial charge in [-0.05, 0) is 42.9 Å². The zero-order valence-corrected chi connectivity index (χ0v) is 17.5. The van der Waals surface area contributed by atoms with E-state index in [0.717, 1.165) is 0 Å². The Labute approximate surface area is 182 Å². The molecule has 2 aromatic rings. The zero-order chi connectivity index (χ0) is 21.7. The van der Waals surface area contributed by atoms with Crippen molar-refractivity contribution in [2.75, 3.05) is 20.3 Å². The number of halogens is 1. The van der Waals surface area contributed by atoms with Gasteiger partial charge in [-0.15, -0.1) is 0 Å². The average Bonchev–Trinajstić information content (AvgIpc) is 3.26. The number of hydrogen-bond donors (Lipinski definition) is 1. The standard InChI is InChI=1S/C19H18ClN3O6S/c1-27-8-2-7-22-18(24)15(21-19(22)30)10-13-4-5-14(29-13)11-28-17-6-3-12(20)9-16(17)23(25)26/h3-6,9-10H,2,7-8,11H2,1H3,(H,21,30)/b15-10+. The molecule has 1 amide bonds. The third kappa shape index (κ3) is 5.15. The lowest BCUT2D eigenvalue weighted by molar-refractivity contribution is -0.385. The van der Waals surface area contributed by atoms with Crippen molar-refractivity contribution in [3.8, 4) is 5.75 Å². The maximum Gasteiger partial charge on any atom is 0.312 e. The van der Waals surface area contributed by atoms with Crippen LogP contribution >= 0.6 is 23.8 Å². The third-order valence-corrected chi connectivity index (χ3v) is 4.71. The highest BCUT2D eigenvalue weighted by Gasteiger charge is 2.30. The van der Waals surface area contributed by atoms with Gasteiger partial charge in [-0.2, -0.15) is 0 Å². The molecule has 0 atom stereocenters. The monoisotopic (exact) mass is 451 g/mol. The molecule has 0 bridgehead atoms. The number of hydrogen-bond acceptors (Lipinski definition) is 7. The number of benzene rings is 1. The average molecular weight is 452 g/mol. The van der Waals surface area contributed by atoms with Crippen LogP contribution in [0.2, 0.25) is 5.02 Å². The molecule has 1 saturated heterocycles. The molecule has 0 saturated carbocycles. The van der Waals surface area contributed by atoms with Crippen LogP contribution in [0.25, 0.3) is 6.08 Å². The molecule has 1 N–H and O–H groups in total. The summed E-state index contributed by atoms with van der Waals surface area (Å²) in [6, 6.07) is 7.45. The van der Waals surface area contributed by atoms with E-state index < -0.39 is 4.92 Å². The summed E-state index contributed by atoms with van der Waals surface area (Å²) >= 11 is 11.0. The Morgan fingerprint density at radius 3 is 2.90 bits per heavy atom. The highest BCUT2D eigenvalue weighted by atomic mass is 35.5. The smallest absolute Gasteiger partial charge is 0.312 e. The maximum atomic E-state index is 12.5. The predicted molar refractivity (Wildman–Crippen MR) is 113 cm³/mol. The minimum atomic E-state index is -0.572. The highest BCUT2D eigenvalue weighted by Crippen LogP contribution is 2.30. The van der Waals surface area contributed by atoms with Crippen LogP contribution in [-0.4, -0.2) is 41.1 Å². The molecule has 0 radical (unpaired) electrons. The largest absolute Gasteiger partial charge is 0.479 e. The van der Waals surface area contributed by atoms with Crippen LogP contribution in [0.3, 0.4) is 0 Å². The molecule has 1 aromatic carbocycles. The van der Waals surface area contributed by atoms with E-state index in [1.807, 2.05) is 0 Å². The molecule has 3 rings (SSSR count). The lowest BCUT2D eigenvalue weighted by Gasteiger charge is -2.12. The summed E-state index contributed by atoms with van der Waals surface area (Å²) in [7, 11) is 1.59. The van der Waals surface area contributed by atoms with Gasteiger partial charge < -0.3 is 19.2 Å². The second-order valence-electron chi connectivity index (χ2n) is 6.25. The topological polar surface area (TPSA) is 107 Å². The molecule has 1 aliphatic rings. The molecule has 0 unspecified atom stereocenters. The molecule has 1 aliphatic heterocycles. The number of nitro benzene ring substituents is 1. The number of carbonyl (C=O) groups excluding carboxylic acids is 1. The Balaban J connectivity index is 1.65. The van der Waals surface area contributed by atoms with E-state index in [-0.39, 0.29) is 29.0 Å². The lowest BCUT2D eigenvalue weighted by atomic mass is 10.3. The maximum absolute atomic E-state index is 12.5. The molecular formula is C19H18ClN3O6S. The first-order valence-electron chi connectivity index (χ1n) is 8.88. The normalized spacial score (nSPS) is 15.0. The van der Waals surface area contributed by atoms with Crippen LogP contribution in [0.15, 0.2) is 40.4 Å². The number of methoxy groups -OCH3 is 1. The van der Waals surface area contributed by atoms with Gasteiger partial charge in [0, 0.05) is 37.4 Å². The minimum Gasteiger partial charge on any atom is -0.479 e. The quantitative estimate of drug-likeness (QED) is 0.203. The molecular weight excluding hydrogens is 434 g/mol. The Hall–Kier alpha value is -2.95. The van der Waals surface area contributed by atoms with Gasteiger partial charge >= 0.3 is 5.69 Å². The van der Waals surface area contributed by atoms with Gasteiger partial charge in [-0.25, -0.2) is 0 Å². The summed E-state index contributed by atoms with van der Waals surface area (Å²) < 4.78 is 16.1. The number of furan rings is 1. The summed E-state index contributed by atoms with van der Waals surface area (Å²) in [5, 5.41) is 14.6. The van der Waals surface area contributed by atoms with Crippen molar-refractivity contribution in [3.05, 3.63) is 62.7 Å². The first-order valence-corrected chi connectivity index (χ1v) is 9.66. The fourth-order valence-electron chi connectivity index (χ4n) is 2.74. The molecule has 1 fully saturated rings. The van der Waals surface area contributed by atoms with Crippen molar-refractivity contribution in [2.45, 2.75) is 13.0 Å². The van der Waals surface area contributed by atoms with Gasteiger partial charge in [0.2, 0.25) is 0 Å². The summed E-state index contributed by atoms with van der Waals surface area (Å²) in [5.74, 6) is 0.667. The summed E-state index contributed by atoms with van der Waals surface area (Å²) in [5.41, 5.74) is 0.0619. The number of ether oxygens (including phenoxy) is 2. The fraction of sp³-hybridized carbons (Fsp3) is 0.263. The van der Waals surface area contributed by atoms with E-state index in [9.17, 15) is 14.9 Å². The van der Waals surface area contributed by atoms with Crippen molar-refractivity contribution in [2.24, 2.45) is 0 Å². The molecule has 9 nitrogen and oxygen atoms in total. The number of thiocarbonyl (C=S) groups is 1. The van der Waals surface area contributed by atoms with Crippen LogP contribution in [0.1, 0.15) is 17.9 Å². The number of nitrogens with zero attached hydrogens (tertiary/aromatic N) is 2. The Morgan fingerprint density at radius 2 is 2.17 bits per heavy atom. The van der Waals surface area contributed by atoms with Crippen molar-refractivity contribution < 1.29 is 23.6 Å². The van der Waals surface area contributed by atoms with E-state index in [4.69, 9.17) is 37.7 Å². The molecule has 2 heterocycles.